The number of likely N-dealkylation sites (tertiary alicyclic amines) is 2. The zero-order chi connectivity index (χ0) is 19.4. The number of hydrogen-bond acceptors (Lipinski definition) is 5. The lowest BCUT2D eigenvalue weighted by atomic mass is 9.85. The van der Waals surface area contributed by atoms with Crippen LogP contribution in [-0.4, -0.2) is 71.7 Å². The molecule has 0 spiro atoms. The molecule has 4 fully saturated rings. The van der Waals surface area contributed by atoms with Gasteiger partial charge in [-0.15, -0.1) is 0 Å². The summed E-state index contributed by atoms with van der Waals surface area (Å²) in [5.41, 5.74) is 1.47. The van der Waals surface area contributed by atoms with E-state index in [1.165, 1.54) is 0 Å². The highest BCUT2D eigenvalue weighted by Gasteiger charge is 2.47. The summed E-state index contributed by atoms with van der Waals surface area (Å²) >= 11 is 0. The summed E-state index contributed by atoms with van der Waals surface area (Å²) in [6.07, 6.45) is 6.45. The molecule has 4 saturated heterocycles. The fourth-order valence-electron chi connectivity index (χ4n) is 5.22. The number of fused-ring (bicyclic) bond motifs is 2. The Balaban J connectivity index is 1.35. The van der Waals surface area contributed by atoms with Crippen molar-refractivity contribution in [2.24, 2.45) is 11.8 Å². The molecule has 28 heavy (non-hydrogen) atoms. The van der Waals surface area contributed by atoms with Crippen molar-refractivity contribution >= 4 is 23.6 Å². The smallest absolute Gasteiger partial charge is 0.254 e. The van der Waals surface area contributed by atoms with Gasteiger partial charge in [0.2, 0.25) is 17.7 Å². The van der Waals surface area contributed by atoms with Gasteiger partial charge in [-0.05, 0) is 37.9 Å². The maximum atomic E-state index is 13.0. The Morgan fingerprint density at radius 3 is 2.50 bits per heavy atom. The van der Waals surface area contributed by atoms with Crippen LogP contribution in [0.15, 0.2) is 23.3 Å². The van der Waals surface area contributed by atoms with Gasteiger partial charge in [0.25, 0.3) is 5.91 Å². The first-order valence-corrected chi connectivity index (χ1v) is 10.1. The molecule has 5 rings (SSSR count). The maximum Gasteiger partial charge on any atom is 0.254 e. The lowest BCUT2D eigenvalue weighted by Crippen LogP contribution is -2.52. The SMILES string of the molecule is O=C1CCC(N2CC3=CC4C(=O)N(C5CCNCC5)CC4C=C3C2=O)C(=O)N1. The molecule has 0 aromatic heterocycles. The molecule has 8 nitrogen and oxygen atoms in total. The number of imide groups is 1. The van der Waals surface area contributed by atoms with Crippen LogP contribution in [0.2, 0.25) is 0 Å². The minimum atomic E-state index is -0.612. The van der Waals surface area contributed by atoms with E-state index in [0.29, 0.717) is 25.1 Å². The minimum absolute atomic E-state index is 0.0202. The molecule has 3 atom stereocenters. The van der Waals surface area contributed by atoms with Gasteiger partial charge in [-0.3, -0.25) is 24.5 Å². The fraction of sp³-hybridized carbons (Fsp3) is 0.600. The number of rotatable bonds is 2. The molecule has 148 valence electrons. The summed E-state index contributed by atoms with van der Waals surface area (Å²) in [6.45, 7) is 2.87. The van der Waals surface area contributed by atoms with Crippen LogP contribution in [0.5, 0.6) is 0 Å². The molecule has 1 aliphatic carbocycles. The molecule has 4 heterocycles. The second-order valence-electron chi connectivity index (χ2n) is 8.33. The average molecular weight is 384 g/mol. The molecular weight excluding hydrogens is 360 g/mol. The molecule has 4 aliphatic heterocycles. The topological polar surface area (TPSA) is 98.8 Å². The Morgan fingerprint density at radius 1 is 0.964 bits per heavy atom. The van der Waals surface area contributed by atoms with Crippen LogP contribution in [0.1, 0.15) is 25.7 Å². The molecule has 0 radical (unpaired) electrons. The Bertz CT molecular complexity index is 826. The first-order valence-electron chi connectivity index (χ1n) is 10.1. The number of amides is 4. The van der Waals surface area contributed by atoms with E-state index in [1.54, 1.807) is 4.90 Å². The zero-order valence-electron chi connectivity index (χ0n) is 15.6. The van der Waals surface area contributed by atoms with E-state index >= 15 is 0 Å². The van der Waals surface area contributed by atoms with Crippen molar-refractivity contribution in [3.05, 3.63) is 23.3 Å². The Morgan fingerprint density at radius 2 is 1.75 bits per heavy atom. The molecule has 4 amide bonds. The van der Waals surface area contributed by atoms with Gasteiger partial charge < -0.3 is 15.1 Å². The van der Waals surface area contributed by atoms with Gasteiger partial charge in [-0.1, -0.05) is 12.2 Å². The van der Waals surface area contributed by atoms with Crippen LogP contribution in [0.3, 0.4) is 0 Å². The summed E-state index contributed by atoms with van der Waals surface area (Å²) < 4.78 is 0. The number of hydrogen-bond donors (Lipinski definition) is 2. The van der Waals surface area contributed by atoms with E-state index in [1.807, 2.05) is 17.1 Å². The second-order valence-corrected chi connectivity index (χ2v) is 8.33. The van der Waals surface area contributed by atoms with E-state index in [4.69, 9.17) is 0 Å². The molecule has 0 saturated carbocycles. The van der Waals surface area contributed by atoms with Gasteiger partial charge in [0.05, 0.1) is 5.92 Å². The van der Waals surface area contributed by atoms with E-state index in [9.17, 15) is 19.2 Å². The van der Waals surface area contributed by atoms with Crippen LogP contribution >= 0.6 is 0 Å². The summed E-state index contributed by atoms with van der Waals surface area (Å²) in [5, 5.41) is 5.65. The van der Waals surface area contributed by atoms with Gasteiger partial charge in [0.15, 0.2) is 0 Å². The first kappa shape index (κ1) is 17.6. The van der Waals surface area contributed by atoms with Gasteiger partial charge >= 0.3 is 0 Å². The lowest BCUT2D eigenvalue weighted by Gasteiger charge is -2.31. The second kappa shape index (κ2) is 6.55. The van der Waals surface area contributed by atoms with Crippen molar-refractivity contribution in [3.8, 4) is 0 Å². The van der Waals surface area contributed by atoms with Gasteiger partial charge in [-0.2, -0.15) is 0 Å². The highest BCUT2D eigenvalue weighted by atomic mass is 16.2. The first-order chi connectivity index (χ1) is 13.5. The summed E-state index contributed by atoms with van der Waals surface area (Å²) in [7, 11) is 0. The van der Waals surface area contributed by atoms with Gasteiger partial charge in [0.1, 0.15) is 6.04 Å². The molecule has 0 bridgehead atoms. The molecule has 3 unspecified atom stereocenters. The summed E-state index contributed by atoms with van der Waals surface area (Å²) in [5.74, 6) is -0.881. The molecule has 2 N–H and O–H groups in total. The van der Waals surface area contributed by atoms with Crippen LogP contribution in [0.4, 0.5) is 0 Å². The van der Waals surface area contributed by atoms with E-state index in [0.717, 1.165) is 31.5 Å². The lowest BCUT2D eigenvalue weighted by molar-refractivity contribution is -0.142. The van der Waals surface area contributed by atoms with E-state index < -0.39 is 11.9 Å². The highest BCUT2D eigenvalue weighted by molar-refractivity contribution is 6.07. The monoisotopic (exact) mass is 384 g/mol. The number of carbonyl (C=O) groups excluding carboxylic acids is 4. The molecule has 5 aliphatic rings. The predicted octanol–water partition coefficient (Wildman–Crippen LogP) is -0.673. The Kier molecular flexibility index (Phi) is 4.12. The normalized spacial score (nSPS) is 33.5. The third-order valence-electron chi connectivity index (χ3n) is 6.71. The minimum Gasteiger partial charge on any atom is -0.338 e. The van der Waals surface area contributed by atoms with Crippen LogP contribution in [0.25, 0.3) is 0 Å². The van der Waals surface area contributed by atoms with Crippen molar-refractivity contribution in [2.45, 2.75) is 37.8 Å². The fourth-order valence-corrected chi connectivity index (χ4v) is 5.22. The van der Waals surface area contributed by atoms with E-state index in [-0.39, 0.29) is 42.0 Å². The van der Waals surface area contributed by atoms with Crippen LogP contribution in [-0.2, 0) is 19.2 Å². The average Bonchev–Trinajstić information content (AvgIpc) is 3.18. The third-order valence-corrected chi connectivity index (χ3v) is 6.71. The van der Waals surface area contributed by atoms with Gasteiger partial charge in [-0.25, -0.2) is 0 Å². The number of carbonyl (C=O) groups is 4. The maximum absolute atomic E-state index is 13.0. The highest BCUT2D eigenvalue weighted by Crippen LogP contribution is 2.40. The van der Waals surface area contributed by atoms with Crippen LogP contribution < -0.4 is 10.6 Å². The van der Waals surface area contributed by atoms with Gasteiger partial charge in [0, 0.05) is 37.0 Å². The van der Waals surface area contributed by atoms with Crippen molar-refractivity contribution in [2.75, 3.05) is 26.2 Å². The predicted molar refractivity (Wildman–Crippen MR) is 98.6 cm³/mol. The number of piperidine rings is 2. The third kappa shape index (κ3) is 2.70. The molecule has 0 aromatic carbocycles. The van der Waals surface area contributed by atoms with Crippen molar-refractivity contribution in [1.82, 2.24) is 20.4 Å². The largest absolute Gasteiger partial charge is 0.338 e. The molecule has 0 aromatic rings. The Hall–Kier alpha value is -2.48. The van der Waals surface area contributed by atoms with Crippen LogP contribution in [0, 0.1) is 11.8 Å². The van der Waals surface area contributed by atoms with Crippen molar-refractivity contribution in [3.63, 3.8) is 0 Å². The molecule has 8 heteroatoms. The summed E-state index contributed by atoms with van der Waals surface area (Å²) in [4.78, 5) is 53.1. The quantitative estimate of drug-likeness (QED) is 0.615. The van der Waals surface area contributed by atoms with Crippen molar-refractivity contribution < 1.29 is 19.2 Å². The van der Waals surface area contributed by atoms with Crippen molar-refractivity contribution in [1.29, 1.82) is 0 Å². The standard InChI is InChI=1S/C20H24N4O4/c25-17-2-1-16(18(26)22-17)24-10-12-8-14-11(7-15(12)20(24)28)9-23(19(14)27)13-3-5-21-6-4-13/h7-8,11,13-14,16,21H,1-6,9-10H2,(H,22,25,26). The number of nitrogens with one attached hydrogen (secondary N) is 2. The summed E-state index contributed by atoms with van der Waals surface area (Å²) in [6, 6.07) is -0.328. The molecular formula is C20H24N4O4. The zero-order valence-corrected chi connectivity index (χ0v) is 15.6. The number of nitrogens with zero attached hydrogens (tertiary/aromatic N) is 2. The Labute approximate surface area is 163 Å². The van der Waals surface area contributed by atoms with E-state index in [2.05, 4.69) is 10.6 Å².